The van der Waals surface area contributed by atoms with Crippen LogP contribution in [0.2, 0.25) is 0 Å². The van der Waals surface area contributed by atoms with Crippen molar-refractivity contribution in [3.8, 4) is 0 Å². The first-order valence-corrected chi connectivity index (χ1v) is 6.52. The summed E-state index contributed by atoms with van der Waals surface area (Å²) in [5, 5.41) is 4.30. The average molecular weight is 257 g/mol. The zero-order valence-corrected chi connectivity index (χ0v) is 11.2. The van der Waals surface area contributed by atoms with Crippen molar-refractivity contribution in [2.45, 2.75) is 24.6 Å². The normalized spacial score (nSPS) is 14.4. The highest BCUT2D eigenvalue weighted by molar-refractivity contribution is 7.99. The number of aromatic nitrogens is 2. The van der Waals surface area contributed by atoms with Crippen LogP contribution in [0.15, 0.2) is 12.4 Å². The van der Waals surface area contributed by atoms with Gasteiger partial charge < -0.3 is 10.5 Å². The molecule has 1 rings (SSSR count). The van der Waals surface area contributed by atoms with Gasteiger partial charge in [0.25, 0.3) is 0 Å². The highest BCUT2D eigenvalue weighted by atomic mass is 32.2. The summed E-state index contributed by atoms with van der Waals surface area (Å²) in [4.78, 5) is 11.0. The molecule has 1 aromatic heterocycles. The van der Waals surface area contributed by atoms with E-state index in [-0.39, 0.29) is 17.3 Å². The summed E-state index contributed by atoms with van der Waals surface area (Å²) in [6.45, 7) is 1.96. The van der Waals surface area contributed by atoms with Gasteiger partial charge in [-0.25, -0.2) is 0 Å². The third-order valence-electron chi connectivity index (χ3n) is 2.36. The van der Waals surface area contributed by atoms with Crippen LogP contribution in [0.1, 0.15) is 24.2 Å². The van der Waals surface area contributed by atoms with Crippen LogP contribution in [-0.2, 0) is 16.6 Å². The first kappa shape index (κ1) is 14.1. The maximum atomic E-state index is 11.0. The molecular formula is C11H19N3O2S. The number of esters is 1. The van der Waals surface area contributed by atoms with E-state index in [1.54, 1.807) is 16.4 Å². The summed E-state index contributed by atoms with van der Waals surface area (Å²) < 4.78 is 6.36. The average Bonchev–Trinajstić information content (AvgIpc) is 2.70. The predicted octanol–water partition coefficient (Wildman–Crippen LogP) is 1.10. The van der Waals surface area contributed by atoms with Crippen molar-refractivity contribution >= 4 is 17.7 Å². The lowest BCUT2D eigenvalue weighted by Gasteiger charge is -2.18. The molecule has 0 aliphatic carbocycles. The SMILES string of the molecule is COC(=O)CCSC(c1cnn(C)c1)C(C)N. The van der Waals surface area contributed by atoms with Crippen LogP contribution < -0.4 is 5.73 Å². The van der Waals surface area contributed by atoms with E-state index < -0.39 is 0 Å². The number of rotatable bonds is 6. The lowest BCUT2D eigenvalue weighted by molar-refractivity contribution is -0.140. The quantitative estimate of drug-likeness (QED) is 0.773. The second-order valence-electron chi connectivity index (χ2n) is 3.92. The number of nitrogens with two attached hydrogens (primary N) is 1. The van der Waals surface area contributed by atoms with Crippen molar-refractivity contribution in [3.63, 3.8) is 0 Å². The van der Waals surface area contributed by atoms with Crippen LogP contribution >= 0.6 is 11.8 Å². The maximum Gasteiger partial charge on any atom is 0.306 e. The Bertz CT molecular complexity index is 365. The van der Waals surface area contributed by atoms with Gasteiger partial charge in [-0.05, 0) is 6.92 Å². The van der Waals surface area contributed by atoms with Crippen molar-refractivity contribution in [1.82, 2.24) is 9.78 Å². The molecule has 0 spiro atoms. The van der Waals surface area contributed by atoms with Gasteiger partial charge in [-0.15, -0.1) is 0 Å². The minimum atomic E-state index is -0.188. The van der Waals surface area contributed by atoms with Crippen molar-refractivity contribution in [2.75, 3.05) is 12.9 Å². The largest absolute Gasteiger partial charge is 0.469 e. The molecule has 0 bridgehead atoms. The van der Waals surface area contributed by atoms with Crippen molar-refractivity contribution in [1.29, 1.82) is 0 Å². The molecule has 17 heavy (non-hydrogen) atoms. The van der Waals surface area contributed by atoms with E-state index in [1.807, 2.05) is 26.4 Å². The van der Waals surface area contributed by atoms with E-state index in [0.29, 0.717) is 12.2 Å². The second-order valence-corrected chi connectivity index (χ2v) is 5.17. The number of carbonyl (C=O) groups is 1. The minimum absolute atomic E-state index is 0.0156. The zero-order valence-electron chi connectivity index (χ0n) is 10.4. The monoisotopic (exact) mass is 257 g/mol. The van der Waals surface area contributed by atoms with Crippen molar-refractivity contribution in [3.05, 3.63) is 18.0 Å². The van der Waals surface area contributed by atoms with Crippen molar-refractivity contribution in [2.24, 2.45) is 12.8 Å². The maximum absolute atomic E-state index is 11.0. The van der Waals surface area contributed by atoms with E-state index in [9.17, 15) is 4.79 Å². The van der Waals surface area contributed by atoms with Gasteiger partial charge >= 0.3 is 5.97 Å². The summed E-state index contributed by atoms with van der Waals surface area (Å²) in [7, 11) is 3.28. The molecule has 0 aliphatic rings. The van der Waals surface area contributed by atoms with E-state index >= 15 is 0 Å². The molecule has 0 saturated carbocycles. The number of hydrogen-bond acceptors (Lipinski definition) is 5. The summed E-state index contributed by atoms with van der Waals surface area (Å²) in [6, 6.07) is 0.0156. The lowest BCUT2D eigenvalue weighted by atomic mass is 10.1. The standard InChI is InChI=1S/C11H19N3O2S/c1-8(12)11(9-6-13-14(2)7-9)17-5-4-10(15)16-3/h6-8,11H,4-5,12H2,1-3H3. The smallest absolute Gasteiger partial charge is 0.306 e. The minimum Gasteiger partial charge on any atom is -0.469 e. The van der Waals surface area contributed by atoms with Gasteiger partial charge in [-0.1, -0.05) is 0 Å². The van der Waals surface area contributed by atoms with Crippen LogP contribution in [0.25, 0.3) is 0 Å². The third-order valence-corrected chi connectivity index (χ3v) is 3.86. The van der Waals surface area contributed by atoms with Gasteiger partial charge in [-0.3, -0.25) is 9.48 Å². The third kappa shape index (κ3) is 4.40. The van der Waals surface area contributed by atoms with E-state index in [2.05, 4.69) is 9.84 Å². The Morgan fingerprint density at radius 1 is 1.71 bits per heavy atom. The number of aryl methyl sites for hydroxylation is 1. The van der Waals surface area contributed by atoms with E-state index in [1.165, 1.54) is 7.11 Å². The topological polar surface area (TPSA) is 70.1 Å². The molecule has 0 radical (unpaired) electrons. The fourth-order valence-corrected chi connectivity index (χ4v) is 2.67. The Balaban J connectivity index is 2.53. The van der Waals surface area contributed by atoms with Crippen LogP contribution in [0.3, 0.4) is 0 Å². The molecule has 6 heteroatoms. The molecule has 2 unspecified atom stereocenters. The first-order chi connectivity index (χ1) is 8.04. The number of methoxy groups -OCH3 is 1. The summed E-state index contributed by atoms with van der Waals surface area (Å²) in [5.41, 5.74) is 7.05. The fourth-order valence-electron chi connectivity index (χ4n) is 1.51. The van der Waals surface area contributed by atoms with Gasteiger partial charge in [-0.2, -0.15) is 16.9 Å². The number of hydrogen-bond donors (Lipinski definition) is 1. The Hall–Kier alpha value is -1.01. The summed E-state index contributed by atoms with van der Waals surface area (Å²) in [5.74, 6) is 0.514. The molecule has 0 aromatic carbocycles. The number of nitrogens with zero attached hydrogens (tertiary/aromatic N) is 2. The van der Waals surface area contributed by atoms with Crippen LogP contribution in [0, 0.1) is 0 Å². The Labute approximate surface area is 106 Å². The molecular weight excluding hydrogens is 238 g/mol. The molecule has 0 amide bonds. The van der Waals surface area contributed by atoms with Gasteiger partial charge in [0.2, 0.25) is 0 Å². The van der Waals surface area contributed by atoms with E-state index in [0.717, 1.165) is 5.56 Å². The molecule has 2 N–H and O–H groups in total. The highest BCUT2D eigenvalue weighted by Crippen LogP contribution is 2.31. The first-order valence-electron chi connectivity index (χ1n) is 5.47. The molecule has 1 heterocycles. The Morgan fingerprint density at radius 2 is 2.41 bits per heavy atom. The number of carbonyl (C=O) groups excluding carboxylic acids is 1. The second kappa shape index (κ2) is 6.66. The zero-order chi connectivity index (χ0) is 12.8. The van der Waals surface area contributed by atoms with Gasteiger partial charge in [0.05, 0.1) is 19.7 Å². The number of thioether (sulfide) groups is 1. The van der Waals surface area contributed by atoms with Gasteiger partial charge in [0.15, 0.2) is 0 Å². The molecule has 0 aliphatic heterocycles. The van der Waals surface area contributed by atoms with E-state index in [4.69, 9.17) is 5.73 Å². The molecule has 0 saturated heterocycles. The highest BCUT2D eigenvalue weighted by Gasteiger charge is 2.18. The summed E-state index contributed by atoms with van der Waals surface area (Å²) >= 11 is 1.66. The molecule has 2 atom stereocenters. The van der Waals surface area contributed by atoms with Crippen molar-refractivity contribution < 1.29 is 9.53 Å². The van der Waals surface area contributed by atoms with Crippen LogP contribution in [0.4, 0.5) is 0 Å². The summed E-state index contributed by atoms with van der Waals surface area (Å²) in [6.07, 6.45) is 4.18. The molecule has 96 valence electrons. The molecule has 0 fully saturated rings. The lowest BCUT2D eigenvalue weighted by Crippen LogP contribution is -2.23. The van der Waals surface area contributed by atoms with Crippen LogP contribution in [-0.4, -0.2) is 34.7 Å². The predicted molar refractivity (Wildman–Crippen MR) is 68.7 cm³/mol. The Morgan fingerprint density at radius 3 is 2.88 bits per heavy atom. The Kier molecular flexibility index (Phi) is 5.50. The molecule has 1 aromatic rings. The fraction of sp³-hybridized carbons (Fsp3) is 0.636. The van der Waals surface area contributed by atoms with Gasteiger partial charge in [0.1, 0.15) is 0 Å². The van der Waals surface area contributed by atoms with Gasteiger partial charge in [0, 0.05) is 35.9 Å². The number of ether oxygens (including phenoxy) is 1. The van der Waals surface area contributed by atoms with Crippen LogP contribution in [0.5, 0.6) is 0 Å². The molecule has 5 nitrogen and oxygen atoms in total.